The first kappa shape index (κ1) is 18.3. The number of carbonyl (C=O) groups is 1. The van der Waals surface area contributed by atoms with Crippen molar-refractivity contribution in [2.75, 3.05) is 26.8 Å². The number of rotatable bonds is 5. The van der Waals surface area contributed by atoms with E-state index >= 15 is 0 Å². The molecule has 7 heteroatoms. The van der Waals surface area contributed by atoms with Crippen molar-refractivity contribution in [1.29, 1.82) is 0 Å². The zero-order valence-corrected chi connectivity index (χ0v) is 14.3. The van der Waals surface area contributed by atoms with Crippen molar-refractivity contribution in [2.24, 2.45) is 11.7 Å². The summed E-state index contributed by atoms with van der Waals surface area (Å²) in [5, 5.41) is 9.48. The van der Waals surface area contributed by atoms with Gasteiger partial charge in [-0.2, -0.15) is 0 Å². The lowest BCUT2D eigenvalue weighted by Gasteiger charge is -2.40. The number of esters is 1. The van der Waals surface area contributed by atoms with Gasteiger partial charge in [0.1, 0.15) is 11.6 Å². The second-order valence-corrected chi connectivity index (χ2v) is 6.13. The summed E-state index contributed by atoms with van der Waals surface area (Å²) < 4.78 is 18.8. The van der Waals surface area contributed by atoms with Gasteiger partial charge < -0.3 is 20.5 Å². The fraction of sp³-hybridized carbons (Fsp3) is 0.353. The van der Waals surface area contributed by atoms with Crippen molar-refractivity contribution in [3.63, 3.8) is 0 Å². The van der Waals surface area contributed by atoms with Gasteiger partial charge in [0.15, 0.2) is 0 Å². The minimum atomic E-state index is -0.610. The molecule has 0 aliphatic carbocycles. The van der Waals surface area contributed by atoms with Gasteiger partial charge in [-0.3, -0.25) is 0 Å². The van der Waals surface area contributed by atoms with Crippen LogP contribution in [0.3, 0.4) is 0 Å². The molecule has 0 spiro atoms. The second kappa shape index (κ2) is 7.68. The molecule has 1 aliphatic rings. The van der Waals surface area contributed by atoms with Crippen LogP contribution < -0.4 is 5.73 Å². The number of halogens is 2. The molecule has 5 nitrogen and oxygen atoms in total. The zero-order valence-electron chi connectivity index (χ0n) is 13.6. The number of methoxy groups -OCH3 is 1. The van der Waals surface area contributed by atoms with E-state index in [1.165, 1.54) is 31.4 Å². The highest BCUT2D eigenvalue weighted by Gasteiger charge is 2.29. The quantitative estimate of drug-likeness (QED) is 0.481. The lowest BCUT2D eigenvalue weighted by molar-refractivity contribution is -0.135. The van der Waals surface area contributed by atoms with Crippen molar-refractivity contribution in [3.05, 3.63) is 52.1 Å². The van der Waals surface area contributed by atoms with Crippen LogP contribution >= 0.6 is 11.6 Å². The van der Waals surface area contributed by atoms with E-state index in [-0.39, 0.29) is 29.5 Å². The number of allylic oxidation sites excluding steroid dienone is 1. The Labute approximate surface area is 145 Å². The number of carbonyl (C=O) groups excluding carboxylic acids is 1. The molecule has 2 rings (SSSR count). The predicted octanol–water partition coefficient (Wildman–Crippen LogP) is 2.15. The van der Waals surface area contributed by atoms with Gasteiger partial charge in [0, 0.05) is 36.2 Å². The van der Waals surface area contributed by atoms with E-state index < -0.39 is 11.8 Å². The van der Waals surface area contributed by atoms with Crippen molar-refractivity contribution < 1.29 is 19.0 Å². The fourth-order valence-corrected chi connectivity index (χ4v) is 2.67. The van der Waals surface area contributed by atoms with E-state index in [0.717, 1.165) is 0 Å². The molecule has 1 fully saturated rings. The van der Waals surface area contributed by atoms with Gasteiger partial charge in [-0.05, 0) is 36.8 Å². The second-order valence-electron chi connectivity index (χ2n) is 5.70. The first-order chi connectivity index (χ1) is 11.4. The number of likely N-dealkylation sites (tertiary alicyclic amines) is 1. The van der Waals surface area contributed by atoms with E-state index in [1.54, 1.807) is 11.8 Å². The number of hydrogen-bond donors (Lipinski definition) is 2. The van der Waals surface area contributed by atoms with E-state index in [9.17, 15) is 9.18 Å². The van der Waals surface area contributed by atoms with Gasteiger partial charge in [0.05, 0.1) is 12.7 Å². The van der Waals surface area contributed by atoms with Gasteiger partial charge in [-0.25, -0.2) is 9.18 Å². The highest BCUT2D eigenvalue weighted by molar-refractivity contribution is 6.30. The molecule has 0 saturated carbocycles. The molecule has 1 saturated heterocycles. The molecular formula is C17H20ClFN2O3. The Hall–Kier alpha value is -2.05. The van der Waals surface area contributed by atoms with Crippen molar-refractivity contribution in [1.82, 2.24) is 4.90 Å². The molecule has 0 unspecified atom stereocenters. The highest BCUT2D eigenvalue weighted by atomic mass is 35.5. The number of nitrogens with two attached hydrogens (primary N) is 1. The Morgan fingerprint density at radius 1 is 1.54 bits per heavy atom. The van der Waals surface area contributed by atoms with Crippen LogP contribution in [-0.2, 0) is 9.53 Å². The maximum absolute atomic E-state index is 14.0. The average molecular weight is 355 g/mol. The molecular weight excluding hydrogens is 335 g/mol. The van der Waals surface area contributed by atoms with Crippen LogP contribution in [0.4, 0.5) is 4.39 Å². The first-order valence-electron chi connectivity index (χ1n) is 7.45. The first-order valence-corrected chi connectivity index (χ1v) is 7.82. The third kappa shape index (κ3) is 3.88. The van der Waals surface area contributed by atoms with Crippen LogP contribution in [0.1, 0.15) is 12.5 Å². The Morgan fingerprint density at radius 3 is 2.79 bits per heavy atom. The molecule has 1 aromatic rings. The largest absolute Gasteiger partial charge is 0.465 e. The van der Waals surface area contributed by atoms with Gasteiger partial charge in [-0.15, -0.1) is 0 Å². The van der Waals surface area contributed by atoms with E-state index in [0.29, 0.717) is 23.7 Å². The van der Waals surface area contributed by atoms with Crippen LogP contribution in [0, 0.1) is 11.7 Å². The summed E-state index contributed by atoms with van der Waals surface area (Å²) in [7, 11) is 1.26. The third-order valence-electron chi connectivity index (χ3n) is 3.95. The highest BCUT2D eigenvalue weighted by Crippen LogP contribution is 2.26. The zero-order chi connectivity index (χ0) is 17.9. The summed E-state index contributed by atoms with van der Waals surface area (Å²) in [5.41, 5.74) is 7.00. The summed E-state index contributed by atoms with van der Waals surface area (Å²) >= 11 is 5.91. The Bertz CT molecular complexity index is 697. The van der Waals surface area contributed by atoms with E-state index in [2.05, 4.69) is 0 Å². The van der Waals surface area contributed by atoms with Crippen LogP contribution in [0.25, 0.3) is 5.57 Å². The Balaban J connectivity index is 2.38. The summed E-state index contributed by atoms with van der Waals surface area (Å²) in [6, 6.07) is 4.20. The Morgan fingerprint density at radius 2 is 2.21 bits per heavy atom. The van der Waals surface area contributed by atoms with E-state index in [1.807, 2.05) is 0 Å². The van der Waals surface area contributed by atoms with Crippen LogP contribution in [-0.4, -0.2) is 42.8 Å². The number of nitrogens with zero attached hydrogens (tertiary/aromatic N) is 1. The smallest absolute Gasteiger partial charge is 0.341 e. The lowest BCUT2D eigenvalue weighted by atomic mass is 9.99. The molecule has 0 amide bonds. The predicted molar refractivity (Wildman–Crippen MR) is 90.4 cm³/mol. The molecule has 130 valence electrons. The summed E-state index contributed by atoms with van der Waals surface area (Å²) in [6.45, 7) is 2.85. The topological polar surface area (TPSA) is 75.8 Å². The molecule has 0 radical (unpaired) electrons. The van der Waals surface area contributed by atoms with Crippen molar-refractivity contribution >= 4 is 23.1 Å². The third-order valence-corrected chi connectivity index (χ3v) is 4.19. The number of aliphatic hydroxyl groups excluding tert-OH is 1. The molecule has 24 heavy (non-hydrogen) atoms. The SMILES string of the molecule is COC(=O)C(/C=C(\C)c1cc(Cl)ccc1F)=C(/N)N1CC(CO)C1. The van der Waals surface area contributed by atoms with Gasteiger partial charge in [0.2, 0.25) is 0 Å². The van der Waals surface area contributed by atoms with Crippen LogP contribution in [0.5, 0.6) is 0 Å². The maximum atomic E-state index is 14.0. The van der Waals surface area contributed by atoms with Gasteiger partial charge >= 0.3 is 5.97 Å². The average Bonchev–Trinajstić information content (AvgIpc) is 2.52. The number of aliphatic hydroxyl groups is 1. The molecule has 1 aromatic carbocycles. The molecule has 1 aliphatic heterocycles. The maximum Gasteiger partial charge on any atom is 0.341 e. The number of hydrogen-bond acceptors (Lipinski definition) is 5. The molecule has 0 bridgehead atoms. The van der Waals surface area contributed by atoms with E-state index in [4.69, 9.17) is 27.2 Å². The standard InChI is InChI=1S/C17H20ClFN2O3/c1-10(13-6-12(18)3-4-15(13)19)5-14(17(23)24-2)16(20)21-7-11(8-21)9-22/h3-6,11,22H,7-9,20H2,1-2H3/b10-5+,16-14-. The molecule has 1 heterocycles. The molecule has 0 aromatic heterocycles. The normalized spacial score (nSPS) is 16.5. The Kier molecular flexibility index (Phi) is 5.85. The summed E-state index contributed by atoms with van der Waals surface area (Å²) in [4.78, 5) is 13.8. The summed E-state index contributed by atoms with van der Waals surface area (Å²) in [6.07, 6.45) is 1.49. The summed E-state index contributed by atoms with van der Waals surface area (Å²) in [5.74, 6) is -0.673. The fourth-order valence-electron chi connectivity index (χ4n) is 2.49. The van der Waals surface area contributed by atoms with Crippen molar-refractivity contribution in [2.45, 2.75) is 6.92 Å². The van der Waals surface area contributed by atoms with Gasteiger partial charge in [0.25, 0.3) is 0 Å². The monoisotopic (exact) mass is 354 g/mol. The lowest BCUT2D eigenvalue weighted by Crippen LogP contribution is -2.50. The number of benzene rings is 1. The minimum Gasteiger partial charge on any atom is -0.465 e. The van der Waals surface area contributed by atoms with Crippen LogP contribution in [0.15, 0.2) is 35.7 Å². The van der Waals surface area contributed by atoms with Crippen LogP contribution in [0.2, 0.25) is 5.02 Å². The van der Waals surface area contributed by atoms with Gasteiger partial charge in [-0.1, -0.05) is 11.6 Å². The number of ether oxygens (including phenoxy) is 1. The molecule has 3 N–H and O–H groups in total. The van der Waals surface area contributed by atoms with Crippen molar-refractivity contribution in [3.8, 4) is 0 Å². The minimum absolute atomic E-state index is 0.0694. The molecule has 0 atom stereocenters.